The molecule has 1 amide bonds. The van der Waals surface area contributed by atoms with Gasteiger partial charge in [-0.15, -0.1) is 0 Å². The van der Waals surface area contributed by atoms with Gasteiger partial charge in [-0.2, -0.15) is 13.2 Å². The lowest BCUT2D eigenvalue weighted by Crippen LogP contribution is -2.48. The Bertz CT molecular complexity index is 955. The Hall–Kier alpha value is -2.74. The highest BCUT2D eigenvalue weighted by Crippen LogP contribution is 2.33. The normalized spacial score (nSPS) is 15.0. The van der Waals surface area contributed by atoms with Gasteiger partial charge < -0.3 is 14.5 Å². The van der Waals surface area contributed by atoms with E-state index in [9.17, 15) is 18.0 Å². The van der Waals surface area contributed by atoms with Crippen LogP contribution in [0.2, 0.25) is 5.02 Å². The Morgan fingerprint density at radius 1 is 1.20 bits per heavy atom. The van der Waals surface area contributed by atoms with Gasteiger partial charge in [-0.05, 0) is 31.2 Å². The molecule has 1 saturated heterocycles. The summed E-state index contributed by atoms with van der Waals surface area (Å²) in [6, 6.07) is 6.58. The van der Waals surface area contributed by atoms with E-state index >= 15 is 0 Å². The van der Waals surface area contributed by atoms with Crippen LogP contribution in [0.3, 0.4) is 0 Å². The summed E-state index contributed by atoms with van der Waals surface area (Å²) in [5.41, 5.74) is 0.976. The Morgan fingerprint density at radius 3 is 2.50 bits per heavy atom. The summed E-state index contributed by atoms with van der Waals surface area (Å²) >= 11 is 6.02. The molecule has 0 radical (unpaired) electrons. The zero-order valence-corrected chi connectivity index (χ0v) is 17.3. The molecule has 0 spiro atoms. The van der Waals surface area contributed by atoms with Crippen molar-refractivity contribution in [3.63, 3.8) is 0 Å². The largest absolute Gasteiger partial charge is 0.496 e. The first-order chi connectivity index (χ1) is 14.2. The first-order valence-corrected chi connectivity index (χ1v) is 9.66. The van der Waals surface area contributed by atoms with Gasteiger partial charge >= 0.3 is 6.18 Å². The SMILES string of the molecule is COc1ccc(C)cc1/C=C/C(=O)N1CCN(c2ncc(C(F)(F)F)cc2Cl)CC1. The second-order valence-corrected chi connectivity index (χ2v) is 7.33. The van der Waals surface area contributed by atoms with Crippen molar-refractivity contribution in [2.24, 2.45) is 0 Å². The second-order valence-electron chi connectivity index (χ2n) is 6.92. The van der Waals surface area contributed by atoms with Crippen molar-refractivity contribution in [3.8, 4) is 5.75 Å². The van der Waals surface area contributed by atoms with Crippen LogP contribution in [-0.2, 0) is 11.0 Å². The van der Waals surface area contributed by atoms with E-state index in [1.807, 2.05) is 25.1 Å². The molecule has 5 nitrogen and oxygen atoms in total. The van der Waals surface area contributed by atoms with Gasteiger partial charge in [0.2, 0.25) is 5.91 Å². The highest BCUT2D eigenvalue weighted by Gasteiger charge is 2.32. The maximum Gasteiger partial charge on any atom is 0.417 e. The maximum absolute atomic E-state index is 12.8. The average molecular weight is 440 g/mol. The number of aryl methyl sites for hydroxylation is 1. The first-order valence-electron chi connectivity index (χ1n) is 9.28. The molecular weight excluding hydrogens is 419 g/mol. The van der Waals surface area contributed by atoms with Crippen molar-refractivity contribution in [2.75, 3.05) is 38.2 Å². The summed E-state index contributed by atoms with van der Waals surface area (Å²) in [5.74, 6) is 0.818. The molecule has 1 aliphatic rings. The summed E-state index contributed by atoms with van der Waals surface area (Å²) in [5, 5.41) is -0.0592. The van der Waals surface area contributed by atoms with Crippen molar-refractivity contribution >= 4 is 29.4 Å². The summed E-state index contributed by atoms with van der Waals surface area (Å²) < 4.78 is 43.6. The molecule has 3 rings (SSSR count). The lowest BCUT2D eigenvalue weighted by Gasteiger charge is -2.35. The zero-order valence-electron chi connectivity index (χ0n) is 16.5. The minimum atomic E-state index is -4.49. The number of anilines is 1. The van der Waals surface area contributed by atoms with E-state index in [1.54, 1.807) is 23.0 Å². The van der Waals surface area contributed by atoms with Crippen LogP contribution in [0.5, 0.6) is 5.75 Å². The summed E-state index contributed by atoms with van der Waals surface area (Å²) in [4.78, 5) is 19.9. The number of benzene rings is 1. The van der Waals surface area contributed by atoms with E-state index in [1.165, 1.54) is 6.08 Å². The number of hydrogen-bond acceptors (Lipinski definition) is 4. The predicted molar refractivity (Wildman–Crippen MR) is 110 cm³/mol. The van der Waals surface area contributed by atoms with Gasteiger partial charge in [-0.25, -0.2) is 4.98 Å². The molecule has 0 unspecified atom stereocenters. The number of piperazine rings is 1. The number of alkyl halides is 3. The van der Waals surface area contributed by atoms with Gasteiger partial charge in [-0.1, -0.05) is 23.2 Å². The quantitative estimate of drug-likeness (QED) is 0.661. The number of ether oxygens (including phenoxy) is 1. The number of carbonyl (C=O) groups excluding carboxylic acids is 1. The van der Waals surface area contributed by atoms with Crippen molar-refractivity contribution in [2.45, 2.75) is 13.1 Å². The minimum absolute atomic E-state index is 0.0592. The van der Waals surface area contributed by atoms with Crippen LogP contribution in [0, 0.1) is 6.92 Å². The smallest absolute Gasteiger partial charge is 0.417 e. The molecule has 160 valence electrons. The Morgan fingerprint density at radius 2 is 1.90 bits per heavy atom. The third-order valence-corrected chi connectivity index (χ3v) is 5.11. The van der Waals surface area contributed by atoms with Gasteiger partial charge in [0.25, 0.3) is 0 Å². The van der Waals surface area contributed by atoms with Crippen LogP contribution >= 0.6 is 11.6 Å². The Balaban J connectivity index is 1.63. The minimum Gasteiger partial charge on any atom is -0.496 e. The Labute approximate surface area is 177 Å². The number of aromatic nitrogens is 1. The van der Waals surface area contributed by atoms with Gasteiger partial charge in [0.05, 0.1) is 17.7 Å². The van der Waals surface area contributed by atoms with Crippen molar-refractivity contribution in [3.05, 3.63) is 58.3 Å². The summed E-state index contributed by atoms with van der Waals surface area (Å²) in [6.07, 6.45) is -0.506. The van der Waals surface area contributed by atoms with Gasteiger partial charge in [0.1, 0.15) is 11.6 Å². The van der Waals surface area contributed by atoms with Crippen LogP contribution < -0.4 is 9.64 Å². The predicted octanol–water partition coefficient (Wildman–Crippen LogP) is 4.43. The lowest BCUT2D eigenvalue weighted by atomic mass is 10.1. The molecule has 30 heavy (non-hydrogen) atoms. The molecule has 2 heterocycles. The van der Waals surface area contributed by atoms with Crippen LogP contribution in [0.1, 0.15) is 16.7 Å². The molecule has 0 atom stereocenters. The molecule has 0 saturated carbocycles. The molecule has 1 aliphatic heterocycles. The zero-order chi connectivity index (χ0) is 21.9. The highest BCUT2D eigenvalue weighted by molar-refractivity contribution is 6.33. The standard InChI is InChI=1S/C21H21ClF3N3O2/c1-14-3-5-18(30-2)15(11-14)4-6-19(29)27-7-9-28(10-8-27)20-17(22)12-16(13-26-20)21(23,24)25/h3-6,11-13H,7-10H2,1-2H3/b6-4+. The van der Waals surface area contributed by atoms with Gasteiger partial charge in [-0.3, -0.25) is 4.79 Å². The molecule has 1 aromatic carbocycles. The fourth-order valence-corrected chi connectivity index (χ4v) is 3.49. The number of hydrogen-bond donors (Lipinski definition) is 0. The summed E-state index contributed by atoms with van der Waals surface area (Å²) in [7, 11) is 1.57. The number of nitrogens with zero attached hydrogens (tertiary/aromatic N) is 3. The van der Waals surface area contributed by atoms with E-state index in [0.29, 0.717) is 31.9 Å². The second kappa shape index (κ2) is 8.95. The highest BCUT2D eigenvalue weighted by atomic mass is 35.5. The lowest BCUT2D eigenvalue weighted by molar-refractivity contribution is -0.137. The fraction of sp³-hybridized carbons (Fsp3) is 0.333. The number of methoxy groups -OCH3 is 1. The van der Waals surface area contributed by atoms with Crippen LogP contribution in [0.15, 0.2) is 36.5 Å². The first kappa shape index (κ1) is 22.0. The number of halogens is 4. The maximum atomic E-state index is 12.8. The van der Waals surface area contributed by atoms with E-state index in [4.69, 9.17) is 16.3 Å². The third kappa shape index (κ3) is 5.05. The van der Waals surface area contributed by atoms with Gasteiger partial charge in [0, 0.05) is 44.0 Å². The van der Waals surface area contributed by atoms with E-state index in [0.717, 1.165) is 23.4 Å². The molecule has 9 heteroatoms. The third-order valence-electron chi connectivity index (χ3n) is 4.83. The van der Waals surface area contributed by atoms with Crippen molar-refractivity contribution in [1.82, 2.24) is 9.88 Å². The van der Waals surface area contributed by atoms with Crippen LogP contribution in [0.4, 0.5) is 19.0 Å². The molecule has 0 bridgehead atoms. The van der Waals surface area contributed by atoms with E-state index < -0.39 is 11.7 Å². The van der Waals surface area contributed by atoms with Crippen molar-refractivity contribution < 1.29 is 22.7 Å². The number of rotatable bonds is 4. The molecule has 0 N–H and O–H groups in total. The Kier molecular flexibility index (Phi) is 6.55. The number of carbonyl (C=O) groups is 1. The average Bonchev–Trinajstić information content (AvgIpc) is 2.71. The van der Waals surface area contributed by atoms with Gasteiger partial charge in [0.15, 0.2) is 0 Å². The monoisotopic (exact) mass is 439 g/mol. The van der Waals surface area contributed by atoms with Crippen LogP contribution in [0.25, 0.3) is 6.08 Å². The van der Waals surface area contributed by atoms with Crippen molar-refractivity contribution in [1.29, 1.82) is 0 Å². The number of amides is 1. The number of pyridine rings is 1. The van der Waals surface area contributed by atoms with Crippen LogP contribution in [-0.4, -0.2) is 49.1 Å². The molecule has 1 aromatic heterocycles. The van der Waals surface area contributed by atoms with E-state index in [-0.39, 0.29) is 16.7 Å². The molecule has 2 aromatic rings. The topological polar surface area (TPSA) is 45.7 Å². The van der Waals surface area contributed by atoms with E-state index in [2.05, 4.69) is 4.98 Å². The molecule has 1 fully saturated rings. The molecular formula is C21H21ClF3N3O2. The fourth-order valence-electron chi connectivity index (χ4n) is 3.21. The molecule has 0 aliphatic carbocycles. The summed E-state index contributed by atoms with van der Waals surface area (Å²) in [6.45, 7) is 3.62.